The summed E-state index contributed by atoms with van der Waals surface area (Å²) >= 11 is 1.70. The van der Waals surface area contributed by atoms with Crippen molar-refractivity contribution in [2.24, 2.45) is 5.92 Å². The predicted molar refractivity (Wildman–Crippen MR) is 76.5 cm³/mol. The van der Waals surface area contributed by atoms with Gasteiger partial charge in [0.25, 0.3) is 5.69 Å². The molecule has 0 amide bonds. The molecule has 4 nitrogen and oxygen atoms in total. The molecule has 1 aliphatic rings. The van der Waals surface area contributed by atoms with Crippen molar-refractivity contribution in [3.05, 3.63) is 56.8 Å². The molecule has 0 bridgehead atoms. The van der Waals surface area contributed by atoms with Crippen molar-refractivity contribution in [1.82, 2.24) is 0 Å². The molecule has 1 aliphatic carbocycles. The zero-order chi connectivity index (χ0) is 13.2. The fraction of sp³-hybridized carbons (Fsp3) is 0.286. The molecule has 0 spiro atoms. The Morgan fingerprint density at radius 2 is 2.05 bits per heavy atom. The van der Waals surface area contributed by atoms with Gasteiger partial charge < -0.3 is 5.32 Å². The Hall–Kier alpha value is -1.88. The van der Waals surface area contributed by atoms with Crippen molar-refractivity contribution in [3.63, 3.8) is 0 Å². The van der Waals surface area contributed by atoms with E-state index in [1.54, 1.807) is 29.5 Å². The fourth-order valence-corrected chi connectivity index (χ4v) is 3.11. The number of nitrogens with zero attached hydrogens (tertiary/aromatic N) is 1. The second-order valence-electron chi connectivity index (χ2n) is 4.75. The molecule has 19 heavy (non-hydrogen) atoms. The van der Waals surface area contributed by atoms with Crippen LogP contribution in [-0.2, 0) is 0 Å². The third-order valence-electron chi connectivity index (χ3n) is 3.35. The third-order valence-corrected chi connectivity index (χ3v) is 4.31. The highest BCUT2D eigenvalue weighted by Crippen LogP contribution is 2.45. The topological polar surface area (TPSA) is 55.2 Å². The minimum atomic E-state index is -0.333. The Kier molecular flexibility index (Phi) is 3.21. The van der Waals surface area contributed by atoms with E-state index in [4.69, 9.17) is 0 Å². The molecule has 0 radical (unpaired) electrons. The first kappa shape index (κ1) is 12.2. The van der Waals surface area contributed by atoms with Crippen molar-refractivity contribution in [2.45, 2.75) is 18.9 Å². The van der Waals surface area contributed by atoms with Crippen LogP contribution in [0.25, 0.3) is 0 Å². The molecule has 1 fully saturated rings. The smallest absolute Gasteiger partial charge is 0.292 e. The molecule has 98 valence electrons. The average Bonchev–Trinajstić information content (AvgIpc) is 3.11. The lowest BCUT2D eigenvalue weighted by Crippen LogP contribution is -2.12. The van der Waals surface area contributed by atoms with Gasteiger partial charge in [-0.25, -0.2) is 0 Å². The van der Waals surface area contributed by atoms with E-state index in [-0.39, 0.29) is 16.7 Å². The molecule has 1 N–H and O–H groups in total. The maximum atomic E-state index is 11.0. The number of thiophene rings is 1. The summed E-state index contributed by atoms with van der Waals surface area (Å²) in [4.78, 5) is 12.0. The molecule has 1 aromatic heterocycles. The second-order valence-corrected chi connectivity index (χ2v) is 5.73. The average molecular weight is 274 g/mol. The number of benzene rings is 1. The Morgan fingerprint density at radius 1 is 1.26 bits per heavy atom. The van der Waals surface area contributed by atoms with Gasteiger partial charge in [-0.05, 0) is 36.3 Å². The third kappa shape index (κ3) is 2.61. The van der Waals surface area contributed by atoms with E-state index in [9.17, 15) is 10.1 Å². The standard InChI is InChI=1S/C14H14N2O2S/c17-16(18)12-5-2-1-4-11(12)15-14(10-7-8-10)13-6-3-9-19-13/h1-6,9-10,14-15H,7-8H2. The van der Waals surface area contributed by atoms with Crippen LogP contribution in [0.5, 0.6) is 0 Å². The zero-order valence-corrected chi connectivity index (χ0v) is 11.1. The van der Waals surface area contributed by atoms with Crippen molar-refractivity contribution in [3.8, 4) is 0 Å². The molecule has 1 unspecified atom stereocenters. The molecule has 0 aliphatic heterocycles. The maximum absolute atomic E-state index is 11.0. The number of nitrogens with one attached hydrogen (secondary N) is 1. The molecular weight excluding hydrogens is 260 g/mol. The highest BCUT2D eigenvalue weighted by atomic mass is 32.1. The van der Waals surface area contributed by atoms with Gasteiger partial charge in [0.1, 0.15) is 5.69 Å². The number of hydrogen-bond acceptors (Lipinski definition) is 4. The van der Waals surface area contributed by atoms with Gasteiger partial charge >= 0.3 is 0 Å². The van der Waals surface area contributed by atoms with E-state index in [1.165, 1.54) is 17.7 Å². The molecule has 0 saturated heterocycles. The Morgan fingerprint density at radius 3 is 2.68 bits per heavy atom. The monoisotopic (exact) mass is 274 g/mol. The molecule has 1 saturated carbocycles. The number of nitro benzene ring substituents is 1. The zero-order valence-electron chi connectivity index (χ0n) is 10.3. The van der Waals surface area contributed by atoms with Gasteiger partial charge in [0.15, 0.2) is 0 Å². The molecule has 1 heterocycles. The highest BCUT2D eigenvalue weighted by Gasteiger charge is 2.33. The normalized spacial score (nSPS) is 16.0. The lowest BCUT2D eigenvalue weighted by Gasteiger charge is -2.18. The van der Waals surface area contributed by atoms with E-state index >= 15 is 0 Å². The summed E-state index contributed by atoms with van der Waals surface area (Å²) in [7, 11) is 0. The van der Waals surface area contributed by atoms with Crippen LogP contribution < -0.4 is 5.32 Å². The van der Waals surface area contributed by atoms with Gasteiger partial charge in [0, 0.05) is 10.9 Å². The van der Waals surface area contributed by atoms with Crippen LogP contribution in [0.15, 0.2) is 41.8 Å². The summed E-state index contributed by atoms with van der Waals surface area (Å²) in [6.45, 7) is 0. The number of rotatable bonds is 5. The van der Waals surface area contributed by atoms with Crippen LogP contribution in [0, 0.1) is 16.0 Å². The van der Waals surface area contributed by atoms with E-state index in [0.717, 1.165) is 0 Å². The maximum Gasteiger partial charge on any atom is 0.292 e. The summed E-state index contributed by atoms with van der Waals surface area (Å²) in [6, 6.07) is 11.2. The molecule has 1 aromatic carbocycles. The summed E-state index contributed by atoms with van der Waals surface area (Å²) in [6.07, 6.45) is 2.38. The first-order valence-electron chi connectivity index (χ1n) is 6.29. The first-order chi connectivity index (χ1) is 9.25. The molecular formula is C14H14N2O2S. The summed E-state index contributed by atoms with van der Waals surface area (Å²) in [5.74, 6) is 0.596. The first-order valence-corrected chi connectivity index (χ1v) is 7.17. The Balaban J connectivity index is 1.88. The van der Waals surface area contributed by atoms with Gasteiger partial charge in [-0.2, -0.15) is 0 Å². The quantitative estimate of drug-likeness (QED) is 0.656. The number of para-hydroxylation sites is 2. The van der Waals surface area contributed by atoms with Crippen LogP contribution in [0.1, 0.15) is 23.8 Å². The van der Waals surface area contributed by atoms with Crippen molar-refractivity contribution in [1.29, 1.82) is 0 Å². The highest BCUT2D eigenvalue weighted by molar-refractivity contribution is 7.10. The summed E-state index contributed by atoms with van der Waals surface area (Å²) < 4.78 is 0. The van der Waals surface area contributed by atoms with Crippen molar-refractivity contribution in [2.75, 3.05) is 5.32 Å². The SMILES string of the molecule is O=[N+]([O-])c1ccccc1NC(c1cccs1)C1CC1. The fourth-order valence-electron chi connectivity index (χ4n) is 2.24. The van der Waals surface area contributed by atoms with Crippen LogP contribution in [0.2, 0.25) is 0 Å². The van der Waals surface area contributed by atoms with Crippen LogP contribution in [0.3, 0.4) is 0 Å². The summed E-state index contributed by atoms with van der Waals surface area (Å²) in [5.41, 5.74) is 0.752. The number of hydrogen-bond donors (Lipinski definition) is 1. The molecule has 1 atom stereocenters. The Labute approximate surface area is 115 Å². The van der Waals surface area contributed by atoms with Gasteiger partial charge in [0.05, 0.1) is 11.0 Å². The number of anilines is 1. The Bertz CT molecular complexity index is 579. The van der Waals surface area contributed by atoms with Crippen LogP contribution in [-0.4, -0.2) is 4.92 Å². The van der Waals surface area contributed by atoms with E-state index in [1.807, 2.05) is 17.5 Å². The minimum absolute atomic E-state index is 0.143. The van der Waals surface area contributed by atoms with Crippen LogP contribution >= 0.6 is 11.3 Å². The summed E-state index contributed by atoms with van der Waals surface area (Å²) in [5, 5.41) is 16.5. The number of nitro groups is 1. The van der Waals surface area contributed by atoms with Crippen LogP contribution in [0.4, 0.5) is 11.4 Å². The molecule has 5 heteroatoms. The van der Waals surface area contributed by atoms with Gasteiger partial charge in [-0.1, -0.05) is 18.2 Å². The molecule has 2 aromatic rings. The minimum Gasteiger partial charge on any atom is -0.372 e. The largest absolute Gasteiger partial charge is 0.372 e. The molecule has 3 rings (SSSR count). The van der Waals surface area contributed by atoms with Crippen molar-refractivity contribution < 1.29 is 4.92 Å². The van der Waals surface area contributed by atoms with Gasteiger partial charge in [-0.3, -0.25) is 10.1 Å². The van der Waals surface area contributed by atoms with Gasteiger partial charge in [-0.15, -0.1) is 11.3 Å². The predicted octanol–water partition coefficient (Wildman–Crippen LogP) is 4.22. The van der Waals surface area contributed by atoms with Crippen molar-refractivity contribution >= 4 is 22.7 Å². The van der Waals surface area contributed by atoms with E-state index in [0.29, 0.717) is 11.6 Å². The lowest BCUT2D eigenvalue weighted by atomic mass is 10.1. The lowest BCUT2D eigenvalue weighted by molar-refractivity contribution is -0.384. The second kappa shape index (κ2) is 5.01. The van der Waals surface area contributed by atoms with Gasteiger partial charge in [0.2, 0.25) is 0 Å². The van der Waals surface area contributed by atoms with E-state index < -0.39 is 0 Å². The van der Waals surface area contributed by atoms with E-state index in [2.05, 4.69) is 11.4 Å².